The molecule has 3 heterocycles. The topological polar surface area (TPSA) is 96.2 Å². The molecule has 0 atom stereocenters. The lowest BCUT2D eigenvalue weighted by atomic mass is 10.6. The van der Waals surface area contributed by atoms with Crippen molar-refractivity contribution >= 4 is 37.9 Å². The number of sulfonamides is 1. The first-order valence-corrected chi connectivity index (χ1v) is 8.11. The van der Waals surface area contributed by atoms with Gasteiger partial charge in [-0.05, 0) is 0 Å². The molecule has 0 spiro atoms. The van der Waals surface area contributed by atoms with E-state index in [0.29, 0.717) is 10.8 Å². The van der Waals surface area contributed by atoms with E-state index in [1.165, 1.54) is 29.1 Å². The van der Waals surface area contributed by atoms with Crippen LogP contribution in [0.5, 0.6) is 0 Å². The van der Waals surface area contributed by atoms with Gasteiger partial charge in [0, 0.05) is 18.6 Å². The SMILES string of the molecule is CN(Cc1ncn[nH]1)S(=O)(=O)c1c(Cl)nc2sccn12. The molecule has 0 unspecified atom stereocenters. The molecule has 0 aliphatic heterocycles. The fraction of sp³-hybridized carbons (Fsp3) is 0.222. The normalized spacial score (nSPS) is 12.6. The lowest BCUT2D eigenvalue weighted by Crippen LogP contribution is -2.28. The van der Waals surface area contributed by atoms with Gasteiger partial charge >= 0.3 is 0 Å². The average molecular weight is 333 g/mol. The Morgan fingerprint density at radius 2 is 2.35 bits per heavy atom. The lowest BCUT2D eigenvalue weighted by Gasteiger charge is -2.15. The van der Waals surface area contributed by atoms with Crippen LogP contribution in [0.4, 0.5) is 0 Å². The smallest absolute Gasteiger partial charge is 0.262 e. The highest BCUT2D eigenvalue weighted by Gasteiger charge is 2.29. The van der Waals surface area contributed by atoms with Crippen molar-refractivity contribution in [1.82, 2.24) is 28.9 Å². The number of aromatic nitrogens is 5. The summed E-state index contributed by atoms with van der Waals surface area (Å²) < 4.78 is 27.7. The lowest BCUT2D eigenvalue weighted by molar-refractivity contribution is 0.454. The first-order chi connectivity index (χ1) is 9.50. The number of imidazole rings is 1. The number of aromatic amines is 1. The summed E-state index contributed by atoms with van der Waals surface area (Å²) in [5.74, 6) is 0.443. The van der Waals surface area contributed by atoms with Crippen molar-refractivity contribution in [3.63, 3.8) is 0 Å². The van der Waals surface area contributed by atoms with Gasteiger partial charge in [-0.3, -0.25) is 9.50 Å². The molecule has 0 radical (unpaired) electrons. The second kappa shape index (κ2) is 4.81. The third-order valence-electron chi connectivity index (χ3n) is 2.67. The molecule has 3 aromatic rings. The number of hydrogen-bond acceptors (Lipinski definition) is 6. The van der Waals surface area contributed by atoms with Crippen LogP contribution in [-0.2, 0) is 16.6 Å². The van der Waals surface area contributed by atoms with Crippen molar-refractivity contribution in [2.75, 3.05) is 7.05 Å². The van der Waals surface area contributed by atoms with E-state index in [-0.39, 0.29) is 16.7 Å². The second-order valence-corrected chi connectivity index (χ2v) is 7.15. The van der Waals surface area contributed by atoms with Crippen LogP contribution in [0, 0.1) is 0 Å². The van der Waals surface area contributed by atoms with E-state index in [2.05, 4.69) is 20.2 Å². The standard InChI is InChI=1S/C9H9ClN6O2S2/c1-15(4-6-11-5-12-14-6)20(17,18)8-7(10)13-9-16(8)2-3-19-9/h2-3,5H,4H2,1H3,(H,11,12,14). The number of H-pyrrole nitrogens is 1. The average Bonchev–Trinajstić information content (AvgIpc) is 3.05. The Hall–Kier alpha value is -1.49. The highest BCUT2D eigenvalue weighted by atomic mass is 35.5. The maximum atomic E-state index is 12.6. The van der Waals surface area contributed by atoms with Gasteiger partial charge in [0.25, 0.3) is 10.0 Å². The Kier molecular flexibility index (Phi) is 3.24. The number of nitrogens with one attached hydrogen (secondary N) is 1. The fourth-order valence-corrected chi connectivity index (χ4v) is 4.25. The van der Waals surface area contributed by atoms with E-state index in [9.17, 15) is 8.42 Å². The van der Waals surface area contributed by atoms with Crippen molar-refractivity contribution in [3.05, 3.63) is 28.9 Å². The Balaban J connectivity index is 2.02. The van der Waals surface area contributed by atoms with Gasteiger partial charge in [0.2, 0.25) is 0 Å². The first-order valence-electron chi connectivity index (χ1n) is 5.42. The van der Waals surface area contributed by atoms with Gasteiger partial charge < -0.3 is 0 Å². The summed E-state index contributed by atoms with van der Waals surface area (Å²) in [6, 6.07) is 0. The van der Waals surface area contributed by atoms with Gasteiger partial charge in [0.1, 0.15) is 12.2 Å². The zero-order valence-corrected chi connectivity index (χ0v) is 12.6. The molecule has 0 bridgehead atoms. The molecule has 1 N–H and O–H groups in total. The molecule has 0 amide bonds. The fourth-order valence-electron chi connectivity index (χ4n) is 1.72. The van der Waals surface area contributed by atoms with Crippen LogP contribution in [-0.4, -0.2) is 44.3 Å². The van der Waals surface area contributed by atoms with Crippen LogP contribution < -0.4 is 0 Å². The predicted octanol–water partition coefficient (Wildman–Crippen LogP) is 0.988. The molecule has 3 aromatic heterocycles. The van der Waals surface area contributed by atoms with Crippen molar-refractivity contribution in [2.24, 2.45) is 0 Å². The largest absolute Gasteiger partial charge is 0.279 e. The zero-order chi connectivity index (χ0) is 14.3. The molecule has 20 heavy (non-hydrogen) atoms. The molecule has 0 aliphatic rings. The van der Waals surface area contributed by atoms with E-state index in [0.717, 1.165) is 4.31 Å². The second-order valence-electron chi connectivity index (χ2n) is 3.96. The van der Waals surface area contributed by atoms with Gasteiger partial charge in [0.15, 0.2) is 15.1 Å². The molecular formula is C9H9ClN6O2S2. The van der Waals surface area contributed by atoms with E-state index < -0.39 is 10.0 Å². The van der Waals surface area contributed by atoms with Crippen LogP contribution in [0.25, 0.3) is 4.96 Å². The van der Waals surface area contributed by atoms with Gasteiger partial charge in [-0.1, -0.05) is 11.6 Å². The highest BCUT2D eigenvalue weighted by Crippen LogP contribution is 2.27. The minimum absolute atomic E-state index is 0.0405. The van der Waals surface area contributed by atoms with Crippen LogP contribution in [0.3, 0.4) is 0 Å². The maximum Gasteiger partial charge on any atom is 0.262 e. The van der Waals surface area contributed by atoms with Crippen molar-refractivity contribution < 1.29 is 8.42 Å². The number of halogens is 1. The monoisotopic (exact) mass is 332 g/mol. The van der Waals surface area contributed by atoms with Crippen molar-refractivity contribution in [2.45, 2.75) is 11.6 Å². The summed E-state index contributed by atoms with van der Waals surface area (Å²) in [6.07, 6.45) is 2.94. The van der Waals surface area contributed by atoms with Crippen LogP contribution in [0.15, 0.2) is 22.9 Å². The molecule has 8 nitrogen and oxygen atoms in total. The van der Waals surface area contributed by atoms with Crippen LogP contribution in [0.2, 0.25) is 5.15 Å². The summed E-state index contributed by atoms with van der Waals surface area (Å²) in [7, 11) is -2.33. The van der Waals surface area contributed by atoms with Gasteiger partial charge in [-0.2, -0.15) is 9.40 Å². The molecular weight excluding hydrogens is 324 g/mol. The molecule has 3 rings (SSSR count). The summed E-state index contributed by atoms with van der Waals surface area (Å²) in [6.45, 7) is 0.0655. The van der Waals surface area contributed by atoms with Crippen molar-refractivity contribution in [1.29, 1.82) is 0 Å². The quantitative estimate of drug-likeness (QED) is 0.768. The first kappa shape index (κ1) is 13.5. The maximum absolute atomic E-state index is 12.6. The Bertz CT molecular complexity index is 837. The van der Waals surface area contributed by atoms with E-state index >= 15 is 0 Å². The molecule has 0 fully saturated rings. The van der Waals surface area contributed by atoms with E-state index in [1.807, 2.05) is 0 Å². The van der Waals surface area contributed by atoms with E-state index in [1.54, 1.807) is 11.6 Å². The summed E-state index contributed by atoms with van der Waals surface area (Å²) in [5, 5.41) is 7.95. The molecule has 0 aliphatic carbocycles. The number of nitrogens with zero attached hydrogens (tertiary/aromatic N) is 5. The van der Waals surface area contributed by atoms with Gasteiger partial charge in [-0.25, -0.2) is 18.4 Å². The Morgan fingerprint density at radius 1 is 1.55 bits per heavy atom. The van der Waals surface area contributed by atoms with Gasteiger partial charge in [-0.15, -0.1) is 11.3 Å². The zero-order valence-electron chi connectivity index (χ0n) is 10.2. The van der Waals surface area contributed by atoms with Crippen LogP contribution in [0.1, 0.15) is 5.82 Å². The number of rotatable bonds is 4. The molecule has 11 heteroatoms. The van der Waals surface area contributed by atoms with E-state index in [4.69, 9.17) is 11.6 Å². The van der Waals surface area contributed by atoms with Crippen LogP contribution >= 0.6 is 22.9 Å². The minimum Gasteiger partial charge on any atom is -0.279 e. The molecule has 0 aromatic carbocycles. The summed E-state index contributed by atoms with van der Waals surface area (Å²) in [5.41, 5.74) is 0. The Labute approximate surface area is 123 Å². The number of thiazole rings is 1. The predicted molar refractivity (Wildman–Crippen MR) is 73.1 cm³/mol. The summed E-state index contributed by atoms with van der Waals surface area (Å²) >= 11 is 7.26. The number of fused-ring (bicyclic) bond motifs is 1. The third-order valence-corrected chi connectivity index (χ3v) is 5.63. The Morgan fingerprint density at radius 3 is 3.05 bits per heavy atom. The van der Waals surface area contributed by atoms with Crippen molar-refractivity contribution in [3.8, 4) is 0 Å². The molecule has 106 valence electrons. The van der Waals surface area contributed by atoms with Gasteiger partial charge in [0.05, 0.1) is 6.54 Å². The minimum atomic E-state index is -3.78. The number of hydrogen-bond donors (Lipinski definition) is 1. The molecule has 0 saturated heterocycles. The highest BCUT2D eigenvalue weighted by molar-refractivity contribution is 7.89. The molecule has 0 saturated carbocycles. The third kappa shape index (κ3) is 2.10. The summed E-state index contributed by atoms with van der Waals surface area (Å²) in [4.78, 5) is 8.45.